The van der Waals surface area contributed by atoms with Crippen molar-refractivity contribution >= 4 is 5.91 Å². The number of hydrogen-bond acceptors (Lipinski definition) is 3. The Morgan fingerprint density at radius 2 is 2.00 bits per heavy atom. The molecular formula is C15H29N3O. The lowest BCUT2D eigenvalue weighted by Gasteiger charge is -2.36. The number of piperidine rings is 1. The van der Waals surface area contributed by atoms with Crippen LogP contribution in [0.2, 0.25) is 0 Å². The van der Waals surface area contributed by atoms with Crippen LogP contribution in [0.5, 0.6) is 0 Å². The van der Waals surface area contributed by atoms with Crippen LogP contribution in [0.3, 0.4) is 0 Å². The van der Waals surface area contributed by atoms with Crippen LogP contribution in [0, 0.1) is 11.8 Å². The lowest BCUT2D eigenvalue weighted by Crippen LogP contribution is -2.44. The van der Waals surface area contributed by atoms with Crippen LogP contribution in [0.4, 0.5) is 0 Å². The van der Waals surface area contributed by atoms with Gasteiger partial charge in [0.1, 0.15) is 0 Å². The minimum absolute atomic E-state index is 0.103. The van der Waals surface area contributed by atoms with Gasteiger partial charge in [-0.05, 0) is 58.0 Å². The van der Waals surface area contributed by atoms with Gasteiger partial charge in [0.25, 0.3) is 0 Å². The van der Waals surface area contributed by atoms with Gasteiger partial charge in [0, 0.05) is 24.5 Å². The van der Waals surface area contributed by atoms with Gasteiger partial charge in [-0.2, -0.15) is 0 Å². The highest BCUT2D eigenvalue weighted by Crippen LogP contribution is 2.36. The lowest BCUT2D eigenvalue weighted by molar-refractivity contribution is -0.125. The maximum Gasteiger partial charge on any atom is 0.222 e. The van der Waals surface area contributed by atoms with E-state index in [-0.39, 0.29) is 11.8 Å². The standard InChI is InChI=1S/C15H29N3O/c1-11(4-3-7-16)15(19)17-10-12-8-13-5-6-14(9-12)18(13)2/h11-14H,3-10,16H2,1-2H3,(H,17,19). The van der Waals surface area contributed by atoms with Crippen molar-refractivity contribution in [2.75, 3.05) is 20.1 Å². The molecule has 4 heteroatoms. The molecule has 2 aliphatic rings. The molecule has 0 radical (unpaired) electrons. The molecule has 0 aliphatic carbocycles. The Hall–Kier alpha value is -0.610. The number of nitrogens with two attached hydrogens (primary N) is 1. The monoisotopic (exact) mass is 267 g/mol. The average molecular weight is 267 g/mol. The summed E-state index contributed by atoms with van der Waals surface area (Å²) in [6.45, 7) is 3.55. The molecule has 2 aliphatic heterocycles. The molecule has 1 amide bonds. The van der Waals surface area contributed by atoms with Gasteiger partial charge in [0.2, 0.25) is 5.91 Å². The molecule has 0 aromatic heterocycles. The van der Waals surface area contributed by atoms with Gasteiger partial charge < -0.3 is 16.0 Å². The van der Waals surface area contributed by atoms with E-state index >= 15 is 0 Å². The summed E-state index contributed by atoms with van der Waals surface area (Å²) in [6, 6.07) is 1.52. The Morgan fingerprint density at radius 3 is 2.58 bits per heavy atom. The van der Waals surface area contributed by atoms with Crippen molar-refractivity contribution in [3.8, 4) is 0 Å². The number of nitrogens with one attached hydrogen (secondary N) is 1. The molecule has 19 heavy (non-hydrogen) atoms. The summed E-state index contributed by atoms with van der Waals surface area (Å²) >= 11 is 0. The fourth-order valence-corrected chi connectivity index (χ4v) is 3.67. The number of carbonyl (C=O) groups is 1. The van der Waals surface area contributed by atoms with Gasteiger partial charge in [-0.15, -0.1) is 0 Å². The quantitative estimate of drug-likeness (QED) is 0.764. The first-order valence-electron chi connectivity index (χ1n) is 7.81. The van der Waals surface area contributed by atoms with Crippen LogP contribution < -0.4 is 11.1 Å². The third kappa shape index (κ3) is 3.69. The molecule has 2 fully saturated rings. The van der Waals surface area contributed by atoms with E-state index in [0.29, 0.717) is 12.5 Å². The van der Waals surface area contributed by atoms with E-state index in [1.54, 1.807) is 0 Å². The van der Waals surface area contributed by atoms with Crippen molar-refractivity contribution < 1.29 is 4.79 Å². The number of rotatable bonds is 6. The zero-order valence-corrected chi connectivity index (χ0v) is 12.4. The predicted molar refractivity (Wildman–Crippen MR) is 77.8 cm³/mol. The maximum atomic E-state index is 12.0. The second kappa shape index (κ2) is 6.71. The fourth-order valence-electron chi connectivity index (χ4n) is 3.67. The summed E-state index contributed by atoms with van der Waals surface area (Å²) in [4.78, 5) is 14.5. The average Bonchev–Trinajstić information content (AvgIpc) is 2.65. The number of hydrogen-bond donors (Lipinski definition) is 2. The van der Waals surface area contributed by atoms with E-state index in [0.717, 1.165) is 31.5 Å². The molecule has 2 saturated heterocycles. The van der Waals surface area contributed by atoms with Gasteiger partial charge in [-0.1, -0.05) is 6.92 Å². The number of nitrogens with zero attached hydrogens (tertiary/aromatic N) is 1. The van der Waals surface area contributed by atoms with Crippen LogP contribution in [0.1, 0.15) is 45.4 Å². The lowest BCUT2D eigenvalue weighted by atomic mass is 9.91. The smallest absolute Gasteiger partial charge is 0.222 e. The van der Waals surface area contributed by atoms with Crippen molar-refractivity contribution in [3.05, 3.63) is 0 Å². The molecule has 110 valence electrons. The highest BCUT2D eigenvalue weighted by molar-refractivity contribution is 5.78. The third-order valence-electron chi connectivity index (χ3n) is 5.05. The van der Waals surface area contributed by atoms with Gasteiger partial charge in [0.15, 0.2) is 0 Å². The van der Waals surface area contributed by atoms with E-state index in [2.05, 4.69) is 17.3 Å². The number of amides is 1. The van der Waals surface area contributed by atoms with Gasteiger partial charge in [0.05, 0.1) is 0 Å². The van der Waals surface area contributed by atoms with Crippen LogP contribution in [-0.4, -0.2) is 43.0 Å². The van der Waals surface area contributed by atoms with E-state index in [1.165, 1.54) is 25.7 Å². The van der Waals surface area contributed by atoms with Crippen LogP contribution in [-0.2, 0) is 4.79 Å². The highest BCUT2D eigenvalue weighted by atomic mass is 16.1. The number of carbonyl (C=O) groups excluding carboxylic acids is 1. The van der Waals surface area contributed by atoms with E-state index in [4.69, 9.17) is 5.73 Å². The van der Waals surface area contributed by atoms with Crippen molar-refractivity contribution in [1.82, 2.24) is 10.2 Å². The SMILES string of the molecule is CC(CCCN)C(=O)NCC1CC2CCC(C1)N2C. The highest BCUT2D eigenvalue weighted by Gasteiger charge is 2.38. The minimum Gasteiger partial charge on any atom is -0.356 e. The molecule has 4 nitrogen and oxygen atoms in total. The topological polar surface area (TPSA) is 58.4 Å². The molecule has 0 saturated carbocycles. The van der Waals surface area contributed by atoms with Crippen LogP contribution in [0.25, 0.3) is 0 Å². The summed E-state index contributed by atoms with van der Waals surface area (Å²) < 4.78 is 0. The van der Waals surface area contributed by atoms with Crippen molar-refractivity contribution in [1.29, 1.82) is 0 Å². The van der Waals surface area contributed by atoms with E-state index < -0.39 is 0 Å². The first kappa shape index (κ1) is 14.8. The Balaban J connectivity index is 1.70. The second-order valence-corrected chi connectivity index (χ2v) is 6.46. The van der Waals surface area contributed by atoms with E-state index in [1.807, 2.05) is 6.92 Å². The molecule has 2 heterocycles. The summed E-state index contributed by atoms with van der Waals surface area (Å²) in [6.07, 6.45) is 7.04. The minimum atomic E-state index is 0.103. The zero-order valence-electron chi connectivity index (χ0n) is 12.4. The fraction of sp³-hybridized carbons (Fsp3) is 0.933. The predicted octanol–water partition coefficient (Wildman–Crippen LogP) is 1.35. The zero-order chi connectivity index (χ0) is 13.8. The molecular weight excluding hydrogens is 238 g/mol. The summed E-state index contributed by atoms with van der Waals surface area (Å²) in [7, 11) is 2.26. The van der Waals surface area contributed by atoms with Crippen molar-refractivity contribution in [3.63, 3.8) is 0 Å². The third-order valence-corrected chi connectivity index (χ3v) is 5.05. The van der Waals surface area contributed by atoms with Crippen molar-refractivity contribution in [2.45, 2.75) is 57.5 Å². The molecule has 2 rings (SSSR count). The van der Waals surface area contributed by atoms with Crippen LogP contribution in [0.15, 0.2) is 0 Å². The van der Waals surface area contributed by atoms with Gasteiger partial charge in [-0.3, -0.25) is 4.79 Å². The van der Waals surface area contributed by atoms with Crippen molar-refractivity contribution in [2.24, 2.45) is 17.6 Å². The Kier molecular flexibility index (Phi) is 5.22. The Labute approximate surface area is 117 Å². The molecule has 0 aromatic rings. The number of fused-ring (bicyclic) bond motifs is 2. The molecule has 3 atom stereocenters. The normalized spacial score (nSPS) is 32.3. The Morgan fingerprint density at radius 1 is 1.37 bits per heavy atom. The molecule has 2 bridgehead atoms. The van der Waals surface area contributed by atoms with Crippen LogP contribution >= 0.6 is 0 Å². The first-order chi connectivity index (χ1) is 9.11. The van der Waals surface area contributed by atoms with Gasteiger partial charge >= 0.3 is 0 Å². The molecule has 0 aromatic carbocycles. The molecule has 3 N–H and O–H groups in total. The summed E-state index contributed by atoms with van der Waals surface area (Å²) in [5, 5.41) is 3.15. The largest absolute Gasteiger partial charge is 0.356 e. The second-order valence-electron chi connectivity index (χ2n) is 6.46. The molecule has 3 unspecified atom stereocenters. The summed E-state index contributed by atoms with van der Waals surface area (Å²) in [5.74, 6) is 0.991. The molecule has 0 spiro atoms. The first-order valence-corrected chi connectivity index (χ1v) is 7.81. The maximum absolute atomic E-state index is 12.0. The summed E-state index contributed by atoms with van der Waals surface area (Å²) in [5.41, 5.74) is 5.48. The Bertz CT molecular complexity index is 294. The van der Waals surface area contributed by atoms with Gasteiger partial charge in [-0.25, -0.2) is 0 Å². The van der Waals surface area contributed by atoms with E-state index in [9.17, 15) is 4.79 Å².